The van der Waals surface area contributed by atoms with Crippen LogP contribution in [0, 0.1) is 0 Å². The van der Waals surface area contributed by atoms with Gasteiger partial charge >= 0.3 is 5.97 Å². The first-order valence-corrected chi connectivity index (χ1v) is 6.44. The number of rotatable bonds is 3. The summed E-state index contributed by atoms with van der Waals surface area (Å²) >= 11 is 8.95. The van der Waals surface area contributed by atoms with Gasteiger partial charge in [0.1, 0.15) is 16.7 Å². The maximum Gasteiger partial charge on any atom is 0.345 e. The molecule has 0 atom stereocenters. The molecule has 0 bridgehead atoms. The monoisotopic (exact) mass is 341 g/mol. The maximum atomic E-state index is 11.9. The van der Waals surface area contributed by atoms with Gasteiger partial charge in [-0.3, -0.25) is 0 Å². The fraction of sp³-hybridized carbons (Fsp3) is 0.0769. The van der Waals surface area contributed by atoms with Crippen molar-refractivity contribution in [3.8, 4) is 11.5 Å². The topological polar surface area (TPSA) is 48.4 Å². The Bertz CT molecular complexity index is 601. The first-order valence-electron chi connectivity index (χ1n) is 5.27. The molecule has 0 radical (unpaired) electrons. The minimum Gasteiger partial charge on any atom is -0.497 e. The number of benzene rings is 1. The Morgan fingerprint density at radius 1 is 1.26 bits per heavy atom. The van der Waals surface area contributed by atoms with Crippen molar-refractivity contribution in [2.75, 3.05) is 7.11 Å². The molecule has 1 aromatic carbocycles. The number of carbonyl (C=O) groups is 1. The third kappa shape index (κ3) is 3.45. The quantitative estimate of drug-likeness (QED) is 0.484. The summed E-state index contributed by atoms with van der Waals surface area (Å²) in [4.78, 5) is 15.7. The highest BCUT2D eigenvalue weighted by Crippen LogP contribution is 2.22. The van der Waals surface area contributed by atoms with Crippen LogP contribution >= 0.6 is 27.5 Å². The van der Waals surface area contributed by atoms with Gasteiger partial charge in [-0.05, 0) is 46.3 Å². The standard InChI is InChI=1S/C13H9BrClNO3/c1-18-9-2-4-10(5-3-9)19-13(17)8-6-11(14)12(15)16-7-8/h2-7H,1H3. The van der Waals surface area contributed by atoms with Crippen molar-refractivity contribution in [3.05, 3.63) is 51.7 Å². The minimum absolute atomic E-state index is 0.293. The maximum absolute atomic E-state index is 11.9. The third-order valence-electron chi connectivity index (χ3n) is 2.30. The Morgan fingerprint density at radius 3 is 2.47 bits per heavy atom. The lowest BCUT2D eigenvalue weighted by Crippen LogP contribution is -2.09. The van der Waals surface area contributed by atoms with Crippen LogP contribution in [0.3, 0.4) is 0 Å². The van der Waals surface area contributed by atoms with E-state index in [1.54, 1.807) is 37.4 Å². The van der Waals surface area contributed by atoms with Crippen LogP contribution in [0.4, 0.5) is 0 Å². The molecule has 1 aromatic heterocycles. The molecule has 1 heterocycles. The summed E-state index contributed by atoms with van der Waals surface area (Å²) in [5.74, 6) is 0.614. The van der Waals surface area contributed by atoms with Gasteiger partial charge in [0.15, 0.2) is 0 Å². The van der Waals surface area contributed by atoms with Crippen LogP contribution in [0.5, 0.6) is 11.5 Å². The molecule has 0 aliphatic heterocycles. The van der Waals surface area contributed by atoms with Crippen molar-refractivity contribution < 1.29 is 14.3 Å². The molecule has 0 saturated heterocycles. The van der Waals surface area contributed by atoms with E-state index in [1.807, 2.05) is 0 Å². The van der Waals surface area contributed by atoms with Crippen LogP contribution in [0.15, 0.2) is 41.0 Å². The molecular formula is C13H9BrClNO3. The van der Waals surface area contributed by atoms with Crippen molar-refractivity contribution in [3.63, 3.8) is 0 Å². The number of ether oxygens (including phenoxy) is 2. The summed E-state index contributed by atoms with van der Waals surface area (Å²) in [5.41, 5.74) is 0.312. The summed E-state index contributed by atoms with van der Waals surface area (Å²) in [7, 11) is 1.57. The van der Waals surface area contributed by atoms with Crippen LogP contribution in [0.2, 0.25) is 5.15 Å². The van der Waals surface area contributed by atoms with E-state index in [1.165, 1.54) is 6.20 Å². The van der Waals surface area contributed by atoms with E-state index in [9.17, 15) is 4.79 Å². The van der Waals surface area contributed by atoms with Gasteiger partial charge in [-0.25, -0.2) is 9.78 Å². The second-order valence-electron chi connectivity index (χ2n) is 3.56. The summed E-state index contributed by atoms with van der Waals surface area (Å²) in [6.45, 7) is 0. The average Bonchev–Trinajstić information content (AvgIpc) is 2.42. The lowest BCUT2D eigenvalue weighted by Gasteiger charge is -2.05. The predicted molar refractivity (Wildman–Crippen MR) is 74.9 cm³/mol. The van der Waals surface area contributed by atoms with Crippen LogP contribution < -0.4 is 9.47 Å². The molecule has 0 N–H and O–H groups in total. The molecule has 2 aromatic rings. The van der Waals surface area contributed by atoms with E-state index in [4.69, 9.17) is 21.1 Å². The molecule has 0 aliphatic carbocycles. The van der Waals surface area contributed by atoms with Crippen LogP contribution in [0.1, 0.15) is 10.4 Å². The van der Waals surface area contributed by atoms with Gasteiger partial charge in [-0.15, -0.1) is 0 Å². The Kier molecular flexibility index (Phi) is 4.39. The molecule has 0 aliphatic rings. The number of methoxy groups -OCH3 is 1. The molecule has 0 unspecified atom stereocenters. The molecule has 0 amide bonds. The van der Waals surface area contributed by atoms with E-state index < -0.39 is 5.97 Å². The molecular weight excluding hydrogens is 334 g/mol. The van der Waals surface area contributed by atoms with Crippen molar-refractivity contribution in [2.45, 2.75) is 0 Å². The number of pyridine rings is 1. The van der Waals surface area contributed by atoms with E-state index in [0.29, 0.717) is 26.7 Å². The normalized spacial score (nSPS) is 10.1. The lowest BCUT2D eigenvalue weighted by molar-refractivity contribution is 0.0734. The SMILES string of the molecule is COc1ccc(OC(=O)c2cnc(Cl)c(Br)c2)cc1. The van der Waals surface area contributed by atoms with Crippen molar-refractivity contribution in [2.24, 2.45) is 0 Å². The number of carbonyl (C=O) groups excluding carboxylic acids is 1. The number of aromatic nitrogens is 1. The van der Waals surface area contributed by atoms with Gasteiger partial charge < -0.3 is 9.47 Å². The highest BCUT2D eigenvalue weighted by Gasteiger charge is 2.11. The Balaban J connectivity index is 2.13. The summed E-state index contributed by atoms with van der Waals surface area (Å²) < 4.78 is 10.8. The van der Waals surface area contributed by atoms with E-state index in [0.717, 1.165) is 0 Å². The van der Waals surface area contributed by atoms with Gasteiger partial charge in [0.05, 0.1) is 17.1 Å². The van der Waals surface area contributed by atoms with Gasteiger partial charge in [0.2, 0.25) is 0 Å². The van der Waals surface area contributed by atoms with Gasteiger partial charge in [0, 0.05) is 6.20 Å². The molecule has 2 rings (SSSR count). The van der Waals surface area contributed by atoms with E-state index in [2.05, 4.69) is 20.9 Å². The lowest BCUT2D eigenvalue weighted by atomic mass is 10.3. The fourth-order valence-electron chi connectivity index (χ4n) is 1.34. The molecule has 19 heavy (non-hydrogen) atoms. The summed E-state index contributed by atoms with van der Waals surface area (Å²) in [5, 5.41) is 0.293. The second kappa shape index (κ2) is 6.04. The summed E-state index contributed by atoms with van der Waals surface area (Å²) in [6.07, 6.45) is 1.36. The smallest absolute Gasteiger partial charge is 0.345 e. The molecule has 0 spiro atoms. The largest absolute Gasteiger partial charge is 0.497 e. The predicted octanol–water partition coefficient (Wildman–Crippen LogP) is 3.73. The number of halogens is 2. The zero-order valence-electron chi connectivity index (χ0n) is 9.89. The highest BCUT2D eigenvalue weighted by molar-refractivity contribution is 9.10. The zero-order valence-corrected chi connectivity index (χ0v) is 12.2. The number of nitrogens with zero attached hydrogens (tertiary/aromatic N) is 1. The van der Waals surface area contributed by atoms with Crippen molar-refractivity contribution in [1.82, 2.24) is 4.98 Å². The third-order valence-corrected chi connectivity index (χ3v) is 3.44. The van der Waals surface area contributed by atoms with E-state index in [-0.39, 0.29) is 0 Å². The van der Waals surface area contributed by atoms with Gasteiger partial charge in [-0.2, -0.15) is 0 Å². The Morgan fingerprint density at radius 2 is 1.89 bits per heavy atom. The Hall–Kier alpha value is -1.59. The average molecular weight is 343 g/mol. The molecule has 4 nitrogen and oxygen atoms in total. The number of hydrogen-bond donors (Lipinski definition) is 0. The number of hydrogen-bond acceptors (Lipinski definition) is 4. The highest BCUT2D eigenvalue weighted by atomic mass is 79.9. The van der Waals surface area contributed by atoms with Crippen molar-refractivity contribution >= 4 is 33.5 Å². The van der Waals surface area contributed by atoms with Crippen LogP contribution in [-0.2, 0) is 0 Å². The van der Waals surface area contributed by atoms with Crippen LogP contribution in [-0.4, -0.2) is 18.1 Å². The molecule has 6 heteroatoms. The fourth-order valence-corrected chi connectivity index (χ4v) is 1.79. The van der Waals surface area contributed by atoms with Crippen molar-refractivity contribution in [1.29, 1.82) is 0 Å². The molecule has 0 fully saturated rings. The number of esters is 1. The molecule has 98 valence electrons. The van der Waals surface area contributed by atoms with Gasteiger partial charge in [0.25, 0.3) is 0 Å². The Labute approximate surface area is 123 Å². The minimum atomic E-state index is -0.505. The summed E-state index contributed by atoms with van der Waals surface area (Å²) in [6, 6.07) is 8.27. The van der Waals surface area contributed by atoms with Gasteiger partial charge in [-0.1, -0.05) is 11.6 Å². The first-order chi connectivity index (χ1) is 9.10. The first kappa shape index (κ1) is 13.8. The second-order valence-corrected chi connectivity index (χ2v) is 4.77. The van der Waals surface area contributed by atoms with Crippen LogP contribution in [0.25, 0.3) is 0 Å². The molecule has 0 saturated carbocycles. The zero-order chi connectivity index (χ0) is 13.8. The van der Waals surface area contributed by atoms with E-state index >= 15 is 0 Å².